The third-order valence-corrected chi connectivity index (χ3v) is 5.62. The van der Waals surface area contributed by atoms with Crippen LogP contribution in [0, 0.1) is 5.92 Å². The van der Waals surface area contributed by atoms with Crippen molar-refractivity contribution in [1.82, 2.24) is 4.72 Å². The number of rotatable bonds is 6. The molecule has 1 fully saturated rings. The Bertz CT molecular complexity index is 592. The van der Waals surface area contributed by atoms with Crippen molar-refractivity contribution in [3.63, 3.8) is 0 Å². The van der Waals surface area contributed by atoms with Crippen molar-refractivity contribution >= 4 is 21.6 Å². The lowest BCUT2D eigenvalue weighted by Crippen LogP contribution is -2.32. The molecule has 118 valence electrons. The first kappa shape index (κ1) is 16.7. The molecule has 0 radical (unpaired) electrons. The summed E-state index contributed by atoms with van der Waals surface area (Å²) in [5.74, 6) is 0.228. The topological polar surface area (TPSA) is 81.4 Å². The average Bonchev–Trinajstić information content (AvgIpc) is 2.93. The molecule has 0 aromatic heterocycles. The number of ether oxygens (including phenoxy) is 1. The molecule has 0 saturated carbocycles. The fraction of sp³-hybridized carbons (Fsp3) is 0.571. The molecule has 1 aliphatic heterocycles. The first-order valence-electron chi connectivity index (χ1n) is 7.07. The van der Waals surface area contributed by atoms with E-state index in [0.29, 0.717) is 23.7 Å². The van der Waals surface area contributed by atoms with Crippen LogP contribution >= 0.6 is 11.6 Å². The van der Waals surface area contributed by atoms with Gasteiger partial charge in [0.05, 0.1) is 11.0 Å². The van der Waals surface area contributed by atoms with Crippen molar-refractivity contribution in [2.24, 2.45) is 11.7 Å². The van der Waals surface area contributed by atoms with Crippen molar-refractivity contribution in [3.05, 3.63) is 28.8 Å². The minimum Gasteiger partial charge on any atom is -0.378 e. The summed E-state index contributed by atoms with van der Waals surface area (Å²) in [5, 5.41) is 0.478. The Balaban J connectivity index is 2.08. The van der Waals surface area contributed by atoms with Gasteiger partial charge in [0.2, 0.25) is 10.0 Å². The molecule has 5 nitrogen and oxygen atoms in total. The molecule has 2 rings (SSSR count). The smallest absolute Gasteiger partial charge is 0.240 e. The van der Waals surface area contributed by atoms with E-state index >= 15 is 0 Å². The normalized spacial score (nSPS) is 22.6. The molecule has 0 spiro atoms. The highest BCUT2D eigenvalue weighted by molar-refractivity contribution is 7.89. The number of nitrogens with two attached hydrogens (primary N) is 1. The van der Waals surface area contributed by atoms with Crippen LogP contribution < -0.4 is 10.5 Å². The summed E-state index contributed by atoms with van der Waals surface area (Å²) in [4.78, 5) is 0.194. The maximum atomic E-state index is 12.3. The Morgan fingerprint density at radius 3 is 2.90 bits per heavy atom. The molecule has 0 aliphatic carbocycles. The van der Waals surface area contributed by atoms with Crippen LogP contribution in [-0.4, -0.2) is 27.7 Å². The van der Waals surface area contributed by atoms with Gasteiger partial charge in [-0.25, -0.2) is 13.1 Å². The van der Waals surface area contributed by atoms with Crippen molar-refractivity contribution in [2.45, 2.75) is 37.3 Å². The van der Waals surface area contributed by atoms with Gasteiger partial charge in [-0.1, -0.05) is 18.5 Å². The van der Waals surface area contributed by atoms with Gasteiger partial charge < -0.3 is 10.5 Å². The molecule has 1 aliphatic rings. The minimum absolute atomic E-state index is 0.137. The lowest BCUT2D eigenvalue weighted by atomic mass is 10.0. The zero-order chi connectivity index (χ0) is 15.5. The third-order valence-electron chi connectivity index (χ3n) is 3.83. The number of nitrogens with one attached hydrogen (secondary N) is 1. The Kier molecular flexibility index (Phi) is 5.62. The molecule has 1 saturated heterocycles. The summed E-state index contributed by atoms with van der Waals surface area (Å²) in [6, 6.07) is 4.57. The Hall–Kier alpha value is -0.660. The quantitative estimate of drug-likeness (QED) is 0.833. The monoisotopic (exact) mass is 332 g/mol. The Labute approximate surface area is 130 Å². The zero-order valence-electron chi connectivity index (χ0n) is 12.0. The molecule has 3 N–H and O–H groups in total. The van der Waals surface area contributed by atoms with E-state index in [1.165, 1.54) is 12.1 Å². The second kappa shape index (κ2) is 7.07. The van der Waals surface area contributed by atoms with Gasteiger partial charge in [0.15, 0.2) is 0 Å². The number of halogens is 1. The molecular weight excluding hydrogens is 312 g/mol. The summed E-state index contributed by atoms with van der Waals surface area (Å²) in [5.41, 5.74) is 6.18. The second-order valence-corrected chi connectivity index (χ2v) is 7.35. The predicted molar refractivity (Wildman–Crippen MR) is 82.7 cm³/mol. The lowest BCUT2D eigenvalue weighted by Gasteiger charge is -2.17. The van der Waals surface area contributed by atoms with Gasteiger partial charge in [-0.3, -0.25) is 0 Å². The predicted octanol–water partition coefficient (Wildman–Crippen LogP) is 1.89. The molecule has 0 amide bonds. The van der Waals surface area contributed by atoms with Gasteiger partial charge in [0.25, 0.3) is 0 Å². The van der Waals surface area contributed by atoms with E-state index in [9.17, 15) is 8.42 Å². The van der Waals surface area contributed by atoms with Crippen LogP contribution in [0.2, 0.25) is 5.02 Å². The molecule has 2 atom stereocenters. The standard InChI is InChI=1S/C14H21ClN2O3S/c1-2-14-10(5-6-20-14)9-17-21(18,19)12-3-4-13(15)11(7-12)8-16/h3-4,7,10,14,17H,2,5-6,8-9,16H2,1H3. The van der Waals surface area contributed by atoms with E-state index in [1.54, 1.807) is 6.07 Å². The van der Waals surface area contributed by atoms with Gasteiger partial charge >= 0.3 is 0 Å². The number of sulfonamides is 1. The van der Waals surface area contributed by atoms with Gasteiger partial charge in [-0.05, 0) is 36.6 Å². The van der Waals surface area contributed by atoms with Crippen molar-refractivity contribution < 1.29 is 13.2 Å². The maximum absolute atomic E-state index is 12.3. The van der Waals surface area contributed by atoms with Crippen LogP contribution in [0.1, 0.15) is 25.3 Å². The molecular formula is C14H21ClN2O3S. The first-order valence-corrected chi connectivity index (χ1v) is 8.93. The fourth-order valence-electron chi connectivity index (χ4n) is 2.55. The summed E-state index contributed by atoms with van der Waals surface area (Å²) in [6.07, 6.45) is 1.91. The van der Waals surface area contributed by atoms with Gasteiger partial charge in [0, 0.05) is 30.6 Å². The second-order valence-electron chi connectivity index (χ2n) is 5.18. The van der Waals surface area contributed by atoms with Gasteiger partial charge in [-0.15, -0.1) is 0 Å². The zero-order valence-corrected chi connectivity index (χ0v) is 13.6. The third kappa shape index (κ3) is 3.96. The van der Waals surface area contributed by atoms with E-state index in [1.807, 2.05) is 6.92 Å². The lowest BCUT2D eigenvalue weighted by molar-refractivity contribution is 0.0884. The van der Waals surface area contributed by atoms with E-state index in [0.717, 1.165) is 12.8 Å². The highest BCUT2D eigenvalue weighted by Gasteiger charge is 2.28. The molecule has 21 heavy (non-hydrogen) atoms. The summed E-state index contributed by atoms with van der Waals surface area (Å²) in [6.45, 7) is 3.34. The molecule has 0 bridgehead atoms. The number of benzene rings is 1. The largest absolute Gasteiger partial charge is 0.378 e. The maximum Gasteiger partial charge on any atom is 0.240 e. The van der Waals surface area contributed by atoms with Gasteiger partial charge in [-0.2, -0.15) is 0 Å². The van der Waals surface area contributed by atoms with Crippen molar-refractivity contribution in [1.29, 1.82) is 0 Å². The van der Waals surface area contributed by atoms with Crippen LogP contribution in [0.4, 0.5) is 0 Å². The van der Waals surface area contributed by atoms with Crippen LogP contribution in [0.15, 0.2) is 23.1 Å². The van der Waals surface area contributed by atoms with Crippen LogP contribution in [0.3, 0.4) is 0 Å². The fourth-order valence-corrected chi connectivity index (χ4v) is 3.89. The van der Waals surface area contributed by atoms with Crippen molar-refractivity contribution in [3.8, 4) is 0 Å². The van der Waals surface area contributed by atoms with Crippen LogP contribution in [0.25, 0.3) is 0 Å². The molecule has 7 heteroatoms. The van der Waals surface area contributed by atoms with Gasteiger partial charge in [0.1, 0.15) is 0 Å². The highest BCUT2D eigenvalue weighted by Crippen LogP contribution is 2.24. The van der Waals surface area contributed by atoms with E-state index in [-0.39, 0.29) is 23.5 Å². The SMILES string of the molecule is CCC1OCCC1CNS(=O)(=O)c1ccc(Cl)c(CN)c1. The summed E-state index contributed by atoms with van der Waals surface area (Å²) in [7, 11) is -3.55. The molecule has 1 heterocycles. The summed E-state index contributed by atoms with van der Waals surface area (Å²) < 4.78 is 32.9. The van der Waals surface area contributed by atoms with E-state index in [4.69, 9.17) is 22.1 Å². The number of hydrogen-bond acceptors (Lipinski definition) is 4. The van der Waals surface area contributed by atoms with Crippen LogP contribution in [0.5, 0.6) is 0 Å². The van der Waals surface area contributed by atoms with Crippen molar-refractivity contribution in [2.75, 3.05) is 13.2 Å². The van der Waals surface area contributed by atoms with Crippen LogP contribution in [-0.2, 0) is 21.3 Å². The molecule has 1 aromatic rings. The van der Waals surface area contributed by atoms with E-state index in [2.05, 4.69) is 4.72 Å². The molecule has 1 aromatic carbocycles. The minimum atomic E-state index is -3.55. The highest BCUT2D eigenvalue weighted by atomic mass is 35.5. The average molecular weight is 333 g/mol. The molecule has 2 unspecified atom stereocenters. The first-order chi connectivity index (χ1) is 9.97. The Morgan fingerprint density at radius 1 is 1.48 bits per heavy atom. The number of hydrogen-bond donors (Lipinski definition) is 2. The van der Waals surface area contributed by atoms with E-state index < -0.39 is 10.0 Å². The Morgan fingerprint density at radius 2 is 2.24 bits per heavy atom. The summed E-state index contributed by atoms with van der Waals surface area (Å²) >= 11 is 5.95.